The van der Waals surface area contributed by atoms with Gasteiger partial charge in [-0.25, -0.2) is 4.98 Å². The van der Waals surface area contributed by atoms with Gasteiger partial charge in [0.15, 0.2) is 0 Å². The van der Waals surface area contributed by atoms with Gasteiger partial charge in [0.05, 0.1) is 12.0 Å². The standard InChI is InChI=1S/C18H18N4O4/c1-3-20(12-13-7-9-14(26-2)10-8-13)17-16(22(24)25)18(23)21-11-5-4-6-15(21)19-17/h4-11H,3,12H2,1-2H3. The number of ether oxygens (including phenoxy) is 1. The van der Waals surface area contributed by atoms with E-state index in [4.69, 9.17) is 4.74 Å². The van der Waals surface area contributed by atoms with Crippen LogP contribution in [-0.4, -0.2) is 28.0 Å². The Hall–Kier alpha value is -3.42. The van der Waals surface area contributed by atoms with Crippen LogP contribution in [0.4, 0.5) is 11.5 Å². The minimum Gasteiger partial charge on any atom is -0.497 e. The van der Waals surface area contributed by atoms with Crippen LogP contribution in [0.3, 0.4) is 0 Å². The van der Waals surface area contributed by atoms with Crippen LogP contribution in [0.1, 0.15) is 12.5 Å². The van der Waals surface area contributed by atoms with Gasteiger partial charge in [0, 0.05) is 19.3 Å². The maximum absolute atomic E-state index is 12.6. The van der Waals surface area contributed by atoms with Gasteiger partial charge in [-0.15, -0.1) is 0 Å². The molecule has 0 aliphatic carbocycles. The van der Waals surface area contributed by atoms with Gasteiger partial charge >= 0.3 is 11.2 Å². The van der Waals surface area contributed by atoms with Crippen molar-refractivity contribution in [2.75, 3.05) is 18.6 Å². The molecular formula is C18H18N4O4. The predicted octanol–water partition coefficient (Wildman–Crippen LogP) is 2.64. The average molecular weight is 354 g/mol. The molecule has 0 bridgehead atoms. The number of methoxy groups -OCH3 is 1. The molecule has 0 aliphatic rings. The van der Waals surface area contributed by atoms with Crippen LogP contribution in [-0.2, 0) is 6.54 Å². The van der Waals surface area contributed by atoms with E-state index in [-0.39, 0.29) is 5.82 Å². The molecule has 0 aliphatic heterocycles. The highest BCUT2D eigenvalue weighted by atomic mass is 16.6. The van der Waals surface area contributed by atoms with Gasteiger partial charge in [-0.05, 0) is 36.8 Å². The molecule has 0 fully saturated rings. The monoisotopic (exact) mass is 354 g/mol. The number of rotatable bonds is 6. The van der Waals surface area contributed by atoms with Crippen LogP contribution in [0.2, 0.25) is 0 Å². The first-order valence-electron chi connectivity index (χ1n) is 8.08. The van der Waals surface area contributed by atoms with Crippen LogP contribution in [0.15, 0.2) is 53.5 Å². The second-order valence-electron chi connectivity index (χ2n) is 5.64. The van der Waals surface area contributed by atoms with Gasteiger partial charge in [-0.1, -0.05) is 18.2 Å². The Bertz CT molecular complexity index is 998. The zero-order valence-electron chi connectivity index (χ0n) is 14.5. The second-order valence-corrected chi connectivity index (χ2v) is 5.64. The van der Waals surface area contributed by atoms with E-state index in [9.17, 15) is 14.9 Å². The van der Waals surface area contributed by atoms with E-state index in [2.05, 4.69) is 4.98 Å². The molecule has 2 aromatic heterocycles. The zero-order chi connectivity index (χ0) is 18.7. The summed E-state index contributed by atoms with van der Waals surface area (Å²) in [5, 5.41) is 11.6. The number of aromatic nitrogens is 2. The minimum atomic E-state index is -0.691. The third-order valence-electron chi connectivity index (χ3n) is 4.09. The molecule has 3 aromatic rings. The second kappa shape index (κ2) is 7.22. The van der Waals surface area contributed by atoms with Crippen molar-refractivity contribution < 1.29 is 9.66 Å². The third kappa shape index (κ3) is 3.21. The molecule has 8 heteroatoms. The van der Waals surface area contributed by atoms with Crippen molar-refractivity contribution in [2.45, 2.75) is 13.5 Å². The Morgan fingerprint density at radius 3 is 2.58 bits per heavy atom. The van der Waals surface area contributed by atoms with E-state index in [1.807, 2.05) is 31.2 Å². The number of hydrogen-bond acceptors (Lipinski definition) is 6. The lowest BCUT2D eigenvalue weighted by atomic mass is 10.2. The number of anilines is 1. The van der Waals surface area contributed by atoms with Crippen molar-refractivity contribution in [3.05, 3.63) is 74.7 Å². The van der Waals surface area contributed by atoms with Gasteiger partial charge in [0.25, 0.3) is 0 Å². The van der Waals surface area contributed by atoms with Crippen molar-refractivity contribution in [3.63, 3.8) is 0 Å². The van der Waals surface area contributed by atoms with Crippen molar-refractivity contribution >= 4 is 17.2 Å². The molecule has 3 rings (SSSR count). The fraction of sp³-hybridized carbons (Fsp3) is 0.222. The first-order valence-corrected chi connectivity index (χ1v) is 8.08. The molecule has 0 radical (unpaired) electrons. The fourth-order valence-corrected chi connectivity index (χ4v) is 2.74. The maximum Gasteiger partial charge on any atom is 0.376 e. The number of fused-ring (bicyclic) bond motifs is 1. The third-order valence-corrected chi connectivity index (χ3v) is 4.09. The molecule has 0 unspecified atom stereocenters. The number of nitrogens with zero attached hydrogens (tertiary/aromatic N) is 4. The number of hydrogen-bond donors (Lipinski definition) is 0. The van der Waals surface area contributed by atoms with E-state index in [1.165, 1.54) is 10.6 Å². The molecule has 0 amide bonds. The van der Waals surface area contributed by atoms with E-state index in [1.54, 1.807) is 30.2 Å². The van der Waals surface area contributed by atoms with Gasteiger partial charge in [0.2, 0.25) is 5.82 Å². The van der Waals surface area contributed by atoms with Crippen LogP contribution in [0.5, 0.6) is 5.75 Å². The summed E-state index contributed by atoms with van der Waals surface area (Å²) in [5.74, 6) is 0.800. The number of pyridine rings is 1. The summed E-state index contributed by atoms with van der Waals surface area (Å²) in [6, 6.07) is 12.4. The highest BCUT2D eigenvalue weighted by Crippen LogP contribution is 2.25. The van der Waals surface area contributed by atoms with E-state index in [0.29, 0.717) is 18.7 Å². The lowest BCUT2D eigenvalue weighted by molar-refractivity contribution is -0.385. The maximum atomic E-state index is 12.6. The van der Waals surface area contributed by atoms with Crippen LogP contribution < -0.4 is 15.2 Å². The van der Waals surface area contributed by atoms with Crippen LogP contribution in [0, 0.1) is 10.1 Å². The molecule has 0 spiro atoms. The predicted molar refractivity (Wildman–Crippen MR) is 97.8 cm³/mol. The minimum absolute atomic E-state index is 0.0736. The molecule has 8 nitrogen and oxygen atoms in total. The highest BCUT2D eigenvalue weighted by molar-refractivity contribution is 5.61. The Kier molecular flexibility index (Phi) is 4.83. The van der Waals surface area contributed by atoms with Crippen LogP contribution in [0.25, 0.3) is 5.65 Å². The Balaban J connectivity index is 2.09. The highest BCUT2D eigenvalue weighted by Gasteiger charge is 2.27. The summed E-state index contributed by atoms with van der Waals surface area (Å²) >= 11 is 0. The van der Waals surface area contributed by atoms with Crippen molar-refractivity contribution in [3.8, 4) is 5.75 Å². The first-order chi connectivity index (χ1) is 12.5. The molecular weight excluding hydrogens is 336 g/mol. The lowest BCUT2D eigenvalue weighted by Gasteiger charge is -2.22. The SMILES string of the molecule is CCN(Cc1ccc(OC)cc1)c1nc2ccccn2c(=O)c1[N+](=O)[O-]. The number of nitro groups is 1. The van der Waals surface area contributed by atoms with Gasteiger partial charge < -0.3 is 9.64 Å². The lowest BCUT2D eigenvalue weighted by Crippen LogP contribution is -2.29. The summed E-state index contributed by atoms with van der Waals surface area (Å²) < 4.78 is 6.32. The zero-order valence-corrected chi connectivity index (χ0v) is 14.5. The van der Waals surface area contributed by atoms with Crippen molar-refractivity contribution in [2.24, 2.45) is 0 Å². The summed E-state index contributed by atoms with van der Waals surface area (Å²) in [5.41, 5.74) is 0.0798. The molecule has 26 heavy (non-hydrogen) atoms. The Morgan fingerprint density at radius 1 is 1.23 bits per heavy atom. The van der Waals surface area contributed by atoms with Crippen LogP contribution >= 0.6 is 0 Å². The quantitative estimate of drug-likeness (QED) is 0.499. The van der Waals surface area contributed by atoms with Crippen molar-refractivity contribution in [1.29, 1.82) is 0 Å². The summed E-state index contributed by atoms with van der Waals surface area (Å²) in [6.07, 6.45) is 1.47. The van der Waals surface area contributed by atoms with Gasteiger partial charge in [-0.3, -0.25) is 19.3 Å². The molecule has 2 heterocycles. The Morgan fingerprint density at radius 2 is 1.96 bits per heavy atom. The van der Waals surface area contributed by atoms with E-state index >= 15 is 0 Å². The normalized spacial score (nSPS) is 10.7. The topological polar surface area (TPSA) is 90.0 Å². The van der Waals surface area contributed by atoms with Crippen molar-refractivity contribution in [1.82, 2.24) is 9.38 Å². The average Bonchev–Trinajstić information content (AvgIpc) is 2.66. The fourth-order valence-electron chi connectivity index (χ4n) is 2.74. The van der Waals surface area contributed by atoms with Gasteiger partial charge in [-0.2, -0.15) is 0 Å². The molecule has 0 saturated carbocycles. The van der Waals surface area contributed by atoms with E-state index in [0.717, 1.165) is 11.3 Å². The molecule has 0 N–H and O–H groups in total. The summed E-state index contributed by atoms with van der Waals surface area (Å²) in [6.45, 7) is 2.71. The smallest absolute Gasteiger partial charge is 0.376 e. The first kappa shape index (κ1) is 17.4. The largest absolute Gasteiger partial charge is 0.497 e. The molecule has 0 atom stereocenters. The van der Waals surface area contributed by atoms with E-state index < -0.39 is 16.2 Å². The number of benzene rings is 1. The molecule has 1 aromatic carbocycles. The summed E-state index contributed by atoms with van der Waals surface area (Å²) in [4.78, 5) is 29.6. The summed E-state index contributed by atoms with van der Waals surface area (Å²) in [7, 11) is 1.59. The molecule has 0 saturated heterocycles. The Labute approximate surface area is 149 Å². The molecule has 134 valence electrons. The van der Waals surface area contributed by atoms with Gasteiger partial charge in [0.1, 0.15) is 11.4 Å².